The first-order valence-electron chi connectivity index (χ1n) is 9.73. The molecule has 0 unspecified atom stereocenters. The molecule has 7 nitrogen and oxygen atoms in total. The van der Waals surface area contributed by atoms with Crippen LogP contribution in [0, 0.1) is 6.92 Å². The number of amides is 2. The smallest absolute Gasteiger partial charge is 0.329 e. The number of ether oxygens (including phenoxy) is 2. The second-order valence-electron chi connectivity index (χ2n) is 6.73. The molecule has 0 spiro atoms. The van der Waals surface area contributed by atoms with Crippen molar-refractivity contribution in [1.29, 1.82) is 0 Å². The Morgan fingerprint density at radius 3 is 2.50 bits per heavy atom. The predicted octanol–water partition coefficient (Wildman–Crippen LogP) is 4.32. The van der Waals surface area contributed by atoms with Crippen LogP contribution in [0.3, 0.4) is 0 Å². The second-order valence-corrected chi connectivity index (χ2v) is 7.13. The lowest BCUT2D eigenvalue weighted by atomic mass is 10.2. The Kier molecular flexibility index (Phi) is 7.83. The summed E-state index contributed by atoms with van der Waals surface area (Å²) in [5.74, 6) is -0.801. The molecule has 0 radical (unpaired) electrons. The van der Waals surface area contributed by atoms with Gasteiger partial charge in [-0.05, 0) is 36.8 Å². The average Bonchev–Trinajstić information content (AvgIpc) is 2.80. The minimum atomic E-state index is -0.897. The largest absolute Gasteiger partial charge is 0.493 e. The molecule has 0 saturated heterocycles. The highest BCUT2D eigenvalue weighted by molar-refractivity contribution is 6.39. The maximum Gasteiger partial charge on any atom is 0.329 e. The van der Waals surface area contributed by atoms with Gasteiger partial charge in [0.2, 0.25) is 0 Å². The van der Waals surface area contributed by atoms with Gasteiger partial charge in [0.15, 0.2) is 11.5 Å². The Morgan fingerprint density at radius 2 is 1.75 bits per heavy atom. The molecule has 32 heavy (non-hydrogen) atoms. The van der Waals surface area contributed by atoms with E-state index in [0.29, 0.717) is 27.8 Å². The van der Waals surface area contributed by atoms with Crippen LogP contribution < -0.4 is 20.2 Å². The summed E-state index contributed by atoms with van der Waals surface area (Å²) >= 11 is 6.20. The molecule has 0 saturated carbocycles. The summed E-state index contributed by atoms with van der Waals surface area (Å²) in [4.78, 5) is 24.2. The number of aryl methyl sites for hydroxylation is 1. The molecule has 2 N–H and O–H groups in total. The van der Waals surface area contributed by atoms with E-state index in [4.69, 9.17) is 21.1 Å². The average molecular weight is 452 g/mol. The zero-order chi connectivity index (χ0) is 22.9. The van der Waals surface area contributed by atoms with E-state index in [9.17, 15) is 9.59 Å². The molecular weight excluding hydrogens is 430 g/mol. The Balaban J connectivity index is 1.68. The van der Waals surface area contributed by atoms with Crippen LogP contribution in [0.15, 0.2) is 71.8 Å². The SMILES string of the molecule is COc1cccc(/C=N\NC(=O)C(=O)Nc2ccccc2C)c1OCc1ccccc1Cl. The molecule has 0 bridgehead atoms. The number of benzene rings is 3. The maximum atomic E-state index is 12.1. The van der Waals surface area contributed by atoms with E-state index in [1.54, 1.807) is 36.4 Å². The van der Waals surface area contributed by atoms with Gasteiger partial charge in [0.1, 0.15) is 6.61 Å². The van der Waals surface area contributed by atoms with Gasteiger partial charge < -0.3 is 14.8 Å². The van der Waals surface area contributed by atoms with Gasteiger partial charge >= 0.3 is 11.8 Å². The summed E-state index contributed by atoms with van der Waals surface area (Å²) in [6.45, 7) is 2.05. The van der Waals surface area contributed by atoms with Gasteiger partial charge in [0, 0.05) is 21.8 Å². The molecule has 0 aliphatic heterocycles. The van der Waals surface area contributed by atoms with E-state index in [0.717, 1.165) is 11.1 Å². The number of hydrogen-bond acceptors (Lipinski definition) is 5. The van der Waals surface area contributed by atoms with E-state index in [2.05, 4.69) is 15.8 Å². The van der Waals surface area contributed by atoms with Crippen molar-refractivity contribution in [2.45, 2.75) is 13.5 Å². The van der Waals surface area contributed by atoms with Crippen LogP contribution in [0.2, 0.25) is 5.02 Å². The number of nitrogens with one attached hydrogen (secondary N) is 2. The Bertz CT molecular complexity index is 1150. The third-order valence-electron chi connectivity index (χ3n) is 4.53. The fourth-order valence-corrected chi connectivity index (χ4v) is 3.01. The van der Waals surface area contributed by atoms with Crippen LogP contribution in [0.1, 0.15) is 16.7 Å². The number of carbonyl (C=O) groups is 2. The lowest BCUT2D eigenvalue weighted by molar-refractivity contribution is -0.136. The lowest BCUT2D eigenvalue weighted by Gasteiger charge is -2.13. The monoisotopic (exact) mass is 451 g/mol. The molecule has 164 valence electrons. The number of anilines is 1. The molecule has 2 amide bonds. The molecule has 8 heteroatoms. The minimum absolute atomic E-state index is 0.214. The number of hydrogen-bond donors (Lipinski definition) is 2. The number of hydrazone groups is 1. The summed E-state index contributed by atoms with van der Waals surface area (Å²) in [6.07, 6.45) is 1.38. The van der Waals surface area contributed by atoms with Crippen molar-refractivity contribution in [3.8, 4) is 11.5 Å². The first-order chi connectivity index (χ1) is 15.5. The van der Waals surface area contributed by atoms with E-state index in [-0.39, 0.29) is 6.61 Å². The van der Waals surface area contributed by atoms with E-state index < -0.39 is 11.8 Å². The van der Waals surface area contributed by atoms with Gasteiger partial charge in [-0.1, -0.05) is 54.1 Å². The molecule has 3 aromatic rings. The van der Waals surface area contributed by atoms with E-state index >= 15 is 0 Å². The van der Waals surface area contributed by atoms with Crippen molar-refractivity contribution >= 4 is 35.3 Å². The normalized spacial score (nSPS) is 10.6. The van der Waals surface area contributed by atoms with Crippen LogP contribution in [-0.4, -0.2) is 25.1 Å². The predicted molar refractivity (Wildman–Crippen MR) is 124 cm³/mol. The molecule has 3 aromatic carbocycles. The fraction of sp³-hybridized carbons (Fsp3) is 0.125. The van der Waals surface area contributed by atoms with Crippen molar-refractivity contribution in [2.24, 2.45) is 5.10 Å². The molecule has 0 heterocycles. The molecule has 0 fully saturated rings. The maximum absolute atomic E-state index is 12.1. The number of para-hydroxylation sites is 2. The highest BCUT2D eigenvalue weighted by atomic mass is 35.5. The topological polar surface area (TPSA) is 89.0 Å². The van der Waals surface area contributed by atoms with Crippen molar-refractivity contribution in [3.63, 3.8) is 0 Å². The molecule has 0 aromatic heterocycles. The Labute approximate surface area is 191 Å². The van der Waals surface area contributed by atoms with Gasteiger partial charge in [0.25, 0.3) is 0 Å². The first-order valence-corrected chi connectivity index (χ1v) is 10.1. The molecule has 0 aliphatic rings. The van der Waals surface area contributed by atoms with Crippen molar-refractivity contribution in [1.82, 2.24) is 5.43 Å². The van der Waals surface area contributed by atoms with Gasteiger partial charge in [-0.3, -0.25) is 9.59 Å². The zero-order valence-electron chi connectivity index (χ0n) is 17.6. The Morgan fingerprint density at radius 1 is 1.00 bits per heavy atom. The van der Waals surface area contributed by atoms with Crippen molar-refractivity contribution in [2.75, 3.05) is 12.4 Å². The lowest BCUT2D eigenvalue weighted by Crippen LogP contribution is -2.32. The fourth-order valence-electron chi connectivity index (χ4n) is 2.82. The van der Waals surface area contributed by atoms with Gasteiger partial charge in [-0.2, -0.15) is 5.10 Å². The summed E-state index contributed by atoms with van der Waals surface area (Å²) in [7, 11) is 1.52. The zero-order valence-corrected chi connectivity index (χ0v) is 18.3. The molecule has 0 aliphatic carbocycles. The number of methoxy groups -OCH3 is 1. The molecular formula is C24H22ClN3O4. The number of halogens is 1. The standard InChI is InChI=1S/C24H22ClN3O4/c1-16-8-3-6-12-20(16)27-23(29)24(30)28-26-14-17-10-7-13-21(31-2)22(17)32-15-18-9-4-5-11-19(18)25/h3-14H,15H2,1-2H3,(H,27,29)(H,28,30)/b26-14-. The highest BCUT2D eigenvalue weighted by Crippen LogP contribution is 2.31. The highest BCUT2D eigenvalue weighted by Gasteiger charge is 2.14. The number of carbonyl (C=O) groups excluding carboxylic acids is 2. The number of rotatable bonds is 7. The van der Waals surface area contributed by atoms with Crippen LogP contribution in [0.5, 0.6) is 11.5 Å². The van der Waals surface area contributed by atoms with E-state index in [1.807, 2.05) is 37.3 Å². The van der Waals surface area contributed by atoms with Crippen molar-refractivity contribution in [3.05, 3.63) is 88.4 Å². The third kappa shape index (κ3) is 5.86. The summed E-state index contributed by atoms with van der Waals surface area (Å²) in [5.41, 5.74) is 4.98. The van der Waals surface area contributed by atoms with Crippen LogP contribution in [-0.2, 0) is 16.2 Å². The van der Waals surface area contributed by atoms with Gasteiger partial charge in [-0.25, -0.2) is 5.43 Å². The summed E-state index contributed by atoms with van der Waals surface area (Å²) in [6, 6.07) is 19.7. The molecule has 3 rings (SSSR count). The van der Waals surface area contributed by atoms with Crippen LogP contribution in [0.25, 0.3) is 0 Å². The molecule has 0 atom stereocenters. The Hall–Kier alpha value is -3.84. The number of nitrogens with zero attached hydrogens (tertiary/aromatic N) is 1. The quantitative estimate of drug-likeness (QED) is 0.318. The summed E-state index contributed by atoms with van der Waals surface area (Å²) in [5, 5.41) is 7.03. The van der Waals surface area contributed by atoms with E-state index in [1.165, 1.54) is 13.3 Å². The van der Waals surface area contributed by atoms with Crippen molar-refractivity contribution < 1.29 is 19.1 Å². The van der Waals surface area contributed by atoms with Crippen LogP contribution in [0.4, 0.5) is 5.69 Å². The second kappa shape index (κ2) is 11.0. The van der Waals surface area contributed by atoms with Gasteiger partial charge in [-0.15, -0.1) is 0 Å². The third-order valence-corrected chi connectivity index (χ3v) is 4.90. The minimum Gasteiger partial charge on any atom is -0.493 e. The first kappa shape index (κ1) is 22.8. The van der Waals surface area contributed by atoms with Gasteiger partial charge in [0.05, 0.1) is 13.3 Å². The summed E-state index contributed by atoms with van der Waals surface area (Å²) < 4.78 is 11.3. The van der Waals surface area contributed by atoms with Crippen LogP contribution >= 0.6 is 11.6 Å².